The van der Waals surface area contributed by atoms with Gasteiger partial charge in [0.15, 0.2) is 0 Å². The SMILES string of the molecule is CCCCCCC(O)CCCCCCCCCCC(=O)OC(=O)CCCCCCCCC(=O)O. The van der Waals surface area contributed by atoms with Gasteiger partial charge >= 0.3 is 17.9 Å². The first kappa shape index (κ1) is 32.6. The molecule has 1 atom stereocenters. The van der Waals surface area contributed by atoms with Crippen molar-refractivity contribution in [2.75, 3.05) is 0 Å². The van der Waals surface area contributed by atoms with Crippen LogP contribution in [0.25, 0.3) is 0 Å². The molecule has 0 fully saturated rings. The van der Waals surface area contributed by atoms with Crippen molar-refractivity contribution in [2.24, 2.45) is 0 Å². The molecule has 0 heterocycles. The molecule has 1 unspecified atom stereocenters. The van der Waals surface area contributed by atoms with Crippen LogP contribution in [0.2, 0.25) is 0 Å². The minimum Gasteiger partial charge on any atom is -0.481 e. The topological polar surface area (TPSA) is 101 Å². The zero-order chi connectivity index (χ0) is 25.3. The summed E-state index contributed by atoms with van der Waals surface area (Å²) in [6.07, 6.45) is 21.4. The number of ether oxygens (including phenoxy) is 1. The maximum atomic E-state index is 11.8. The lowest BCUT2D eigenvalue weighted by Gasteiger charge is -2.10. The fourth-order valence-corrected chi connectivity index (χ4v) is 4.14. The lowest BCUT2D eigenvalue weighted by molar-refractivity contribution is -0.159. The van der Waals surface area contributed by atoms with Crippen molar-refractivity contribution in [3.05, 3.63) is 0 Å². The Morgan fingerprint density at radius 2 is 0.912 bits per heavy atom. The van der Waals surface area contributed by atoms with Crippen molar-refractivity contribution in [1.82, 2.24) is 0 Å². The van der Waals surface area contributed by atoms with E-state index in [-0.39, 0.29) is 18.9 Å². The van der Waals surface area contributed by atoms with Crippen LogP contribution in [0, 0.1) is 0 Å². The van der Waals surface area contributed by atoms with E-state index in [1.807, 2.05) is 0 Å². The number of hydrogen-bond donors (Lipinski definition) is 2. The summed E-state index contributed by atoms with van der Waals surface area (Å²) < 4.78 is 4.89. The molecule has 0 saturated carbocycles. The molecule has 0 amide bonds. The van der Waals surface area contributed by atoms with Crippen LogP contribution in [0.3, 0.4) is 0 Å². The highest BCUT2D eigenvalue weighted by Crippen LogP contribution is 2.15. The Balaban J connectivity index is 3.38. The number of carboxylic acid groups (broad SMARTS) is 1. The molecule has 200 valence electrons. The summed E-state index contributed by atoms with van der Waals surface area (Å²) in [6.45, 7) is 2.20. The van der Waals surface area contributed by atoms with Crippen LogP contribution in [0.4, 0.5) is 0 Å². The third-order valence-electron chi connectivity index (χ3n) is 6.31. The number of rotatable bonds is 25. The molecular weight excluding hydrogens is 432 g/mol. The Kier molecular flexibility index (Phi) is 23.6. The van der Waals surface area contributed by atoms with Gasteiger partial charge in [0.25, 0.3) is 0 Å². The van der Waals surface area contributed by atoms with E-state index in [0.717, 1.165) is 70.6 Å². The van der Waals surface area contributed by atoms with Crippen LogP contribution in [0.15, 0.2) is 0 Å². The van der Waals surface area contributed by atoms with Gasteiger partial charge in [-0.15, -0.1) is 0 Å². The average molecular weight is 485 g/mol. The molecule has 0 radical (unpaired) electrons. The monoisotopic (exact) mass is 484 g/mol. The van der Waals surface area contributed by atoms with Gasteiger partial charge in [-0.25, -0.2) is 0 Å². The summed E-state index contributed by atoms with van der Waals surface area (Å²) in [5.74, 6) is -1.59. The summed E-state index contributed by atoms with van der Waals surface area (Å²) >= 11 is 0. The van der Waals surface area contributed by atoms with Gasteiger partial charge in [-0.05, 0) is 32.1 Å². The number of aliphatic hydroxyl groups is 1. The van der Waals surface area contributed by atoms with Crippen LogP contribution >= 0.6 is 0 Å². The second-order valence-electron chi connectivity index (χ2n) is 9.73. The van der Waals surface area contributed by atoms with Crippen LogP contribution in [0.5, 0.6) is 0 Å². The summed E-state index contributed by atoms with van der Waals surface area (Å²) in [6, 6.07) is 0. The first-order valence-corrected chi connectivity index (χ1v) is 14.1. The molecule has 0 aromatic heterocycles. The smallest absolute Gasteiger partial charge is 0.313 e. The Labute approximate surface area is 208 Å². The van der Waals surface area contributed by atoms with Gasteiger partial charge in [0.05, 0.1) is 6.10 Å². The van der Waals surface area contributed by atoms with Gasteiger partial charge < -0.3 is 14.9 Å². The van der Waals surface area contributed by atoms with Gasteiger partial charge in [-0.1, -0.05) is 103 Å². The molecule has 0 rings (SSSR count). The van der Waals surface area contributed by atoms with Crippen molar-refractivity contribution < 1.29 is 29.3 Å². The molecule has 34 heavy (non-hydrogen) atoms. The van der Waals surface area contributed by atoms with E-state index in [9.17, 15) is 19.5 Å². The van der Waals surface area contributed by atoms with Crippen LogP contribution < -0.4 is 0 Å². The van der Waals surface area contributed by atoms with E-state index >= 15 is 0 Å². The standard InChI is InChI=1S/C28H52O6/c1-2-3-4-15-20-25(29)21-16-11-7-5-6-8-13-18-23-27(32)34-28(33)24-19-14-10-9-12-17-22-26(30)31/h25,29H,2-24H2,1H3,(H,30,31). The van der Waals surface area contributed by atoms with Crippen molar-refractivity contribution in [2.45, 2.75) is 161 Å². The fourth-order valence-electron chi connectivity index (χ4n) is 4.14. The van der Waals surface area contributed by atoms with Gasteiger partial charge in [0.1, 0.15) is 0 Å². The van der Waals surface area contributed by atoms with Crippen LogP contribution in [-0.4, -0.2) is 34.2 Å². The summed E-state index contributed by atoms with van der Waals surface area (Å²) in [7, 11) is 0. The van der Waals surface area contributed by atoms with E-state index in [1.165, 1.54) is 44.9 Å². The Morgan fingerprint density at radius 3 is 1.32 bits per heavy atom. The van der Waals surface area contributed by atoms with Crippen molar-refractivity contribution in [3.8, 4) is 0 Å². The number of esters is 2. The maximum absolute atomic E-state index is 11.8. The number of aliphatic carboxylic acids is 1. The van der Waals surface area contributed by atoms with Crippen molar-refractivity contribution >= 4 is 17.9 Å². The summed E-state index contributed by atoms with van der Waals surface area (Å²) in [5, 5.41) is 18.6. The number of carboxylic acids is 1. The quantitative estimate of drug-likeness (QED) is 0.0790. The number of carbonyl (C=O) groups is 3. The highest BCUT2D eigenvalue weighted by Gasteiger charge is 2.10. The Bertz CT molecular complexity index is 505. The summed E-state index contributed by atoms with van der Waals surface area (Å²) in [4.78, 5) is 33.9. The average Bonchev–Trinajstić information content (AvgIpc) is 2.79. The van der Waals surface area contributed by atoms with E-state index in [2.05, 4.69) is 6.92 Å². The van der Waals surface area contributed by atoms with Crippen molar-refractivity contribution in [1.29, 1.82) is 0 Å². The molecule has 0 saturated heterocycles. The van der Waals surface area contributed by atoms with Crippen LogP contribution in [0.1, 0.15) is 155 Å². The molecule has 0 aromatic carbocycles. The largest absolute Gasteiger partial charge is 0.481 e. The number of carbonyl (C=O) groups excluding carboxylic acids is 2. The zero-order valence-corrected chi connectivity index (χ0v) is 21.9. The Hall–Kier alpha value is -1.43. The van der Waals surface area contributed by atoms with E-state index in [0.29, 0.717) is 19.3 Å². The number of aliphatic hydroxyl groups excluding tert-OH is 1. The molecular formula is C28H52O6. The first-order chi connectivity index (χ1) is 16.5. The van der Waals surface area contributed by atoms with Gasteiger partial charge in [0, 0.05) is 19.3 Å². The molecule has 6 nitrogen and oxygen atoms in total. The number of unbranched alkanes of at least 4 members (excludes halogenated alkanes) is 15. The molecule has 6 heteroatoms. The highest BCUT2D eigenvalue weighted by molar-refractivity contribution is 5.85. The predicted molar refractivity (Wildman–Crippen MR) is 137 cm³/mol. The molecule has 0 aliphatic rings. The normalized spacial score (nSPS) is 11.9. The zero-order valence-electron chi connectivity index (χ0n) is 21.9. The first-order valence-electron chi connectivity index (χ1n) is 14.1. The number of hydrogen-bond acceptors (Lipinski definition) is 5. The van der Waals surface area contributed by atoms with Crippen molar-refractivity contribution in [3.63, 3.8) is 0 Å². The third-order valence-corrected chi connectivity index (χ3v) is 6.31. The lowest BCUT2D eigenvalue weighted by Crippen LogP contribution is -2.11. The van der Waals surface area contributed by atoms with Gasteiger partial charge in [-0.2, -0.15) is 0 Å². The van der Waals surface area contributed by atoms with Gasteiger partial charge in [-0.3, -0.25) is 14.4 Å². The third kappa shape index (κ3) is 25.2. The second-order valence-corrected chi connectivity index (χ2v) is 9.73. The van der Waals surface area contributed by atoms with E-state index in [1.54, 1.807) is 0 Å². The fraction of sp³-hybridized carbons (Fsp3) is 0.893. The molecule has 2 N–H and O–H groups in total. The second kappa shape index (κ2) is 24.7. The summed E-state index contributed by atoms with van der Waals surface area (Å²) in [5.41, 5.74) is 0. The van der Waals surface area contributed by atoms with Gasteiger partial charge in [0.2, 0.25) is 0 Å². The van der Waals surface area contributed by atoms with E-state index < -0.39 is 17.9 Å². The molecule has 0 aromatic rings. The maximum Gasteiger partial charge on any atom is 0.313 e. The predicted octanol–water partition coefficient (Wildman–Crippen LogP) is 7.49. The Morgan fingerprint density at radius 1 is 0.559 bits per heavy atom. The van der Waals surface area contributed by atoms with Crippen LogP contribution in [-0.2, 0) is 19.1 Å². The molecule has 0 spiro atoms. The van der Waals surface area contributed by atoms with E-state index in [4.69, 9.17) is 9.84 Å². The minimum absolute atomic E-state index is 0.120. The lowest BCUT2D eigenvalue weighted by atomic mass is 10.0. The highest BCUT2D eigenvalue weighted by atomic mass is 16.6. The molecule has 0 aliphatic heterocycles. The minimum atomic E-state index is -0.751. The molecule has 0 aliphatic carbocycles. The molecule has 0 bridgehead atoms.